The van der Waals surface area contributed by atoms with E-state index in [-0.39, 0.29) is 11.8 Å². The zero-order chi connectivity index (χ0) is 16.8. The summed E-state index contributed by atoms with van der Waals surface area (Å²) < 4.78 is 13.0. The van der Waals surface area contributed by atoms with Gasteiger partial charge in [-0.05, 0) is 41.0 Å². The van der Waals surface area contributed by atoms with E-state index in [0.29, 0.717) is 12.2 Å². The molecule has 2 N–H and O–H groups in total. The van der Waals surface area contributed by atoms with Crippen molar-refractivity contribution in [2.24, 2.45) is 0 Å². The molecule has 0 aliphatic carbocycles. The minimum atomic E-state index is -0.257. The van der Waals surface area contributed by atoms with Crippen molar-refractivity contribution in [1.29, 1.82) is 0 Å². The SMILES string of the molecule is O=C(NCc1ccccc1)Nc1ccc(-c2ccc(F)cc2)cc1. The second kappa shape index (κ2) is 7.42. The Morgan fingerprint density at radius 3 is 2.00 bits per heavy atom. The minimum Gasteiger partial charge on any atom is -0.334 e. The number of anilines is 1. The fourth-order valence-electron chi connectivity index (χ4n) is 2.34. The number of amides is 2. The minimum absolute atomic E-state index is 0.256. The third kappa shape index (κ3) is 4.20. The van der Waals surface area contributed by atoms with E-state index in [4.69, 9.17) is 0 Å². The molecule has 0 saturated carbocycles. The van der Waals surface area contributed by atoms with Gasteiger partial charge in [-0.1, -0.05) is 54.6 Å². The fourth-order valence-corrected chi connectivity index (χ4v) is 2.34. The maximum atomic E-state index is 13.0. The molecule has 3 nitrogen and oxygen atoms in total. The molecule has 2 amide bonds. The van der Waals surface area contributed by atoms with E-state index in [1.54, 1.807) is 12.1 Å². The molecule has 0 heterocycles. The van der Waals surface area contributed by atoms with Crippen molar-refractivity contribution in [2.45, 2.75) is 6.54 Å². The molecule has 0 spiro atoms. The Morgan fingerprint density at radius 1 is 0.792 bits per heavy atom. The topological polar surface area (TPSA) is 41.1 Å². The van der Waals surface area contributed by atoms with Gasteiger partial charge < -0.3 is 10.6 Å². The molecule has 24 heavy (non-hydrogen) atoms. The van der Waals surface area contributed by atoms with Crippen LogP contribution in [0.2, 0.25) is 0 Å². The summed E-state index contributed by atoms with van der Waals surface area (Å²) in [6.07, 6.45) is 0. The smallest absolute Gasteiger partial charge is 0.319 e. The van der Waals surface area contributed by atoms with Crippen LogP contribution in [0.1, 0.15) is 5.56 Å². The predicted molar refractivity (Wildman–Crippen MR) is 94.1 cm³/mol. The Hall–Kier alpha value is -3.14. The quantitative estimate of drug-likeness (QED) is 0.711. The van der Waals surface area contributed by atoms with Crippen LogP contribution in [0.25, 0.3) is 11.1 Å². The molecule has 4 heteroatoms. The number of carbonyl (C=O) groups is 1. The van der Waals surface area contributed by atoms with E-state index in [1.807, 2.05) is 54.6 Å². The molecule has 3 aromatic rings. The Kier molecular flexibility index (Phi) is 4.87. The van der Waals surface area contributed by atoms with Gasteiger partial charge in [-0.2, -0.15) is 0 Å². The highest BCUT2D eigenvalue weighted by Crippen LogP contribution is 2.21. The lowest BCUT2D eigenvalue weighted by Crippen LogP contribution is -2.28. The Morgan fingerprint density at radius 2 is 1.38 bits per heavy atom. The molecule has 0 bridgehead atoms. The van der Waals surface area contributed by atoms with Crippen molar-refractivity contribution in [2.75, 3.05) is 5.32 Å². The summed E-state index contributed by atoms with van der Waals surface area (Å²) in [5, 5.41) is 5.60. The maximum Gasteiger partial charge on any atom is 0.319 e. The Labute approximate surface area is 140 Å². The first-order valence-corrected chi connectivity index (χ1v) is 7.65. The van der Waals surface area contributed by atoms with Gasteiger partial charge >= 0.3 is 6.03 Å². The van der Waals surface area contributed by atoms with Gasteiger partial charge in [-0.25, -0.2) is 9.18 Å². The summed E-state index contributed by atoms with van der Waals surface area (Å²) in [7, 11) is 0. The zero-order valence-corrected chi connectivity index (χ0v) is 13.0. The highest BCUT2D eigenvalue weighted by molar-refractivity contribution is 5.89. The monoisotopic (exact) mass is 320 g/mol. The van der Waals surface area contributed by atoms with Gasteiger partial charge in [0.15, 0.2) is 0 Å². The molecular weight excluding hydrogens is 303 g/mol. The van der Waals surface area contributed by atoms with Crippen molar-refractivity contribution in [1.82, 2.24) is 5.32 Å². The van der Waals surface area contributed by atoms with Gasteiger partial charge in [0, 0.05) is 12.2 Å². The third-order valence-corrected chi connectivity index (χ3v) is 3.62. The molecule has 3 aromatic carbocycles. The van der Waals surface area contributed by atoms with Gasteiger partial charge in [0.2, 0.25) is 0 Å². The summed E-state index contributed by atoms with van der Waals surface area (Å²) in [5.41, 5.74) is 3.63. The Balaban J connectivity index is 1.57. The van der Waals surface area contributed by atoms with Crippen LogP contribution < -0.4 is 10.6 Å². The van der Waals surface area contributed by atoms with Crippen LogP contribution in [0.15, 0.2) is 78.9 Å². The van der Waals surface area contributed by atoms with Crippen LogP contribution in [0.3, 0.4) is 0 Å². The highest BCUT2D eigenvalue weighted by Gasteiger charge is 2.03. The Bertz CT molecular complexity index is 799. The molecule has 0 saturated heterocycles. The molecule has 3 rings (SSSR count). The van der Waals surface area contributed by atoms with Crippen molar-refractivity contribution >= 4 is 11.7 Å². The van der Waals surface area contributed by atoms with Crippen molar-refractivity contribution in [3.63, 3.8) is 0 Å². The number of rotatable bonds is 4. The van der Waals surface area contributed by atoms with Gasteiger partial charge in [0.25, 0.3) is 0 Å². The first kappa shape index (κ1) is 15.7. The summed E-state index contributed by atoms with van der Waals surface area (Å²) in [6.45, 7) is 0.473. The second-order valence-electron chi connectivity index (χ2n) is 5.38. The highest BCUT2D eigenvalue weighted by atomic mass is 19.1. The van der Waals surface area contributed by atoms with E-state index in [9.17, 15) is 9.18 Å². The van der Waals surface area contributed by atoms with Gasteiger partial charge in [0.05, 0.1) is 0 Å². The molecule has 0 radical (unpaired) electrons. The first-order chi connectivity index (χ1) is 11.7. The summed E-state index contributed by atoms with van der Waals surface area (Å²) in [5.74, 6) is -0.257. The van der Waals surface area contributed by atoms with Crippen LogP contribution in [0, 0.1) is 5.82 Å². The van der Waals surface area contributed by atoms with Crippen molar-refractivity contribution < 1.29 is 9.18 Å². The van der Waals surface area contributed by atoms with Crippen molar-refractivity contribution in [3.8, 4) is 11.1 Å². The molecule has 0 unspecified atom stereocenters. The molecular formula is C20H17FN2O. The molecule has 0 aliphatic heterocycles. The van der Waals surface area contributed by atoms with Gasteiger partial charge in [-0.3, -0.25) is 0 Å². The van der Waals surface area contributed by atoms with E-state index in [0.717, 1.165) is 16.7 Å². The standard InChI is InChI=1S/C20H17FN2O/c21-18-10-6-16(7-11-18)17-8-12-19(13-9-17)23-20(24)22-14-15-4-2-1-3-5-15/h1-13H,14H2,(H2,22,23,24). The summed E-state index contributed by atoms with van der Waals surface area (Å²) >= 11 is 0. The number of hydrogen-bond donors (Lipinski definition) is 2. The van der Waals surface area contributed by atoms with Gasteiger partial charge in [-0.15, -0.1) is 0 Å². The molecule has 0 fully saturated rings. The van der Waals surface area contributed by atoms with Crippen LogP contribution in [-0.4, -0.2) is 6.03 Å². The van der Waals surface area contributed by atoms with E-state index >= 15 is 0 Å². The van der Waals surface area contributed by atoms with E-state index < -0.39 is 0 Å². The predicted octanol–water partition coefficient (Wildman–Crippen LogP) is 4.81. The lowest BCUT2D eigenvalue weighted by molar-refractivity contribution is 0.251. The number of urea groups is 1. The number of carbonyl (C=O) groups excluding carboxylic acids is 1. The van der Waals surface area contributed by atoms with Crippen molar-refractivity contribution in [3.05, 3.63) is 90.2 Å². The average molecular weight is 320 g/mol. The van der Waals surface area contributed by atoms with Gasteiger partial charge in [0.1, 0.15) is 5.82 Å². The maximum absolute atomic E-state index is 13.0. The average Bonchev–Trinajstić information content (AvgIpc) is 2.62. The fraction of sp³-hybridized carbons (Fsp3) is 0.0500. The largest absolute Gasteiger partial charge is 0.334 e. The lowest BCUT2D eigenvalue weighted by Gasteiger charge is -2.09. The van der Waals surface area contributed by atoms with Crippen LogP contribution in [0.4, 0.5) is 14.9 Å². The number of benzene rings is 3. The molecule has 0 aliphatic rings. The third-order valence-electron chi connectivity index (χ3n) is 3.62. The number of halogens is 1. The molecule has 0 aromatic heterocycles. The molecule has 0 atom stereocenters. The summed E-state index contributed by atoms with van der Waals surface area (Å²) in [6, 6.07) is 23.2. The van der Waals surface area contributed by atoms with E-state index in [2.05, 4.69) is 10.6 Å². The van der Waals surface area contributed by atoms with Crippen LogP contribution >= 0.6 is 0 Å². The number of hydrogen-bond acceptors (Lipinski definition) is 1. The first-order valence-electron chi connectivity index (χ1n) is 7.65. The number of nitrogens with one attached hydrogen (secondary N) is 2. The van der Waals surface area contributed by atoms with E-state index in [1.165, 1.54) is 12.1 Å². The molecule has 120 valence electrons. The second-order valence-corrected chi connectivity index (χ2v) is 5.38. The van der Waals surface area contributed by atoms with Crippen LogP contribution in [-0.2, 0) is 6.54 Å². The normalized spacial score (nSPS) is 10.2. The van der Waals surface area contributed by atoms with Crippen LogP contribution in [0.5, 0.6) is 0 Å². The lowest BCUT2D eigenvalue weighted by atomic mass is 10.1. The summed E-state index contributed by atoms with van der Waals surface area (Å²) in [4.78, 5) is 11.9. The zero-order valence-electron chi connectivity index (χ0n) is 13.0.